The second-order valence-electron chi connectivity index (χ2n) is 5.20. The SMILES string of the molecule is CC(C)[O-].CC(C)[O-].CC(C)[O-].CCCC1=[C-]CC=C1.[Zr+4]. The van der Waals surface area contributed by atoms with Crippen LogP contribution in [0.25, 0.3) is 0 Å². The van der Waals surface area contributed by atoms with E-state index in [1.54, 1.807) is 41.5 Å². The van der Waals surface area contributed by atoms with Crippen LogP contribution in [0, 0.1) is 6.08 Å². The van der Waals surface area contributed by atoms with Crippen molar-refractivity contribution in [2.24, 2.45) is 0 Å². The zero-order valence-corrected chi connectivity index (χ0v) is 17.2. The third-order valence-corrected chi connectivity index (χ3v) is 1.29. The summed E-state index contributed by atoms with van der Waals surface area (Å²) in [5.74, 6) is 0. The molecule has 0 saturated heterocycles. The molecular formula is C17H32O3Zr. The molecule has 0 bridgehead atoms. The van der Waals surface area contributed by atoms with Gasteiger partial charge in [0.05, 0.1) is 0 Å². The topological polar surface area (TPSA) is 69.2 Å². The van der Waals surface area contributed by atoms with Crippen LogP contribution in [0.5, 0.6) is 0 Å². The van der Waals surface area contributed by atoms with Crippen LogP contribution < -0.4 is 15.3 Å². The summed E-state index contributed by atoms with van der Waals surface area (Å²) in [6, 6.07) is 0. The van der Waals surface area contributed by atoms with Crippen LogP contribution in [-0.4, -0.2) is 18.3 Å². The first kappa shape index (κ1) is 29.3. The van der Waals surface area contributed by atoms with Crippen molar-refractivity contribution in [3.63, 3.8) is 0 Å². The van der Waals surface area contributed by atoms with Crippen molar-refractivity contribution in [1.29, 1.82) is 0 Å². The van der Waals surface area contributed by atoms with Crippen molar-refractivity contribution in [2.75, 3.05) is 0 Å². The van der Waals surface area contributed by atoms with Gasteiger partial charge in [-0.05, 0) is 0 Å². The molecule has 0 saturated carbocycles. The molecule has 0 heterocycles. The Hall–Kier alpha value is 0.243. The maximum atomic E-state index is 9.53. The number of hydrogen-bond acceptors (Lipinski definition) is 3. The molecular weight excluding hydrogens is 343 g/mol. The number of allylic oxidation sites excluding steroid dienone is 4. The Balaban J connectivity index is -0.0000000973. The standard InChI is InChI=1S/C8H11.3C3H7O.Zr/c1-2-5-8-6-3-4-7-8;3*1-3(2)4;/h3,6H,2,4-5H2,1H3;3*3H,1-2H3;/q4*-1;+4. The molecule has 1 aliphatic carbocycles. The Morgan fingerprint density at radius 1 is 0.952 bits per heavy atom. The molecule has 4 heteroatoms. The third kappa shape index (κ3) is 64.2. The summed E-state index contributed by atoms with van der Waals surface area (Å²) < 4.78 is 0. The maximum absolute atomic E-state index is 9.53. The van der Waals surface area contributed by atoms with Gasteiger partial charge >= 0.3 is 26.2 Å². The van der Waals surface area contributed by atoms with Crippen molar-refractivity contribution >= 4 is 0 Å². The molecule has 0 amide bonds. The average Bonchev–Trinajstić information content (AvgIpc) is 2.68. The van der Waals surface area contributed by atoms with Crippen molar-refractivity contribution in [3.8, 4) is 0 Å². The van der Waals surface area contributed by atoms with Crippen LogP contribution >= 0.6 is 0 Å². The summed E-state index contributed by atoms with van der Waals surface area (Å²) >= 11 is 0. The van der Waals surface area contributed by atoms with E-state index in [0.717, 1.165) is 6.42 Å². The largest absolute Gasteiger partial charge is 4.00 e. The molecule has 0 fully saturated rings. The van der Waals surface area contributed by atoms with Gasteiger partial charge in [-0.3, -0.25) is 6.08 Å². The molecule has 1 rings (SSSR count). The van der Waals surface area contributed by atoms with E-state index in [1.165, 1.54) is 18.4 Å². The molecule has 0 aromatic heterocycles. The second-order valence-corrected chi connectivity index (χ2v) is 5.20. The average molecular weight is 376 g/mol. The summed E-state index contributed by atoms with van der Waals surface area (Å²) in [5.41, 5.74) is 1.40. The van der Waals surface area contributed by atoms with Crippen LogP contribution in [0.4, 0.5) is 0 Å². The fourth-order valence-corrected chi connectivity index (χ4v) is 0.891. The Morgan fingerprint density at radius 2 is 1.29 bits per heavy atom. The summed E-state index contributed by atoms with van der Waals surface area (Å²) in [7, 11) is 0. The number of rotatable bonds is 2. The first-order chi connectivity index (χ1) is 9.13. The van der Waals surface area contributed by atoms with E-state index in [-0.39, 0.29) is 26.2 Å². The zero-order chi connectivity index (χ0) is 16.6. The van der Waals surface area contributed by atoms with Gasteiger partial charge in [-0.2, -0.15) is 6.08 Å². The van der Waals surface area contributed by atoms with E-state index in [2.05, 4.69) is 25.2 Å². The van der Waals surface area contributed by atoms with Gasteiger partial charge in [0.1, 0.15) is 0 Å². The molecule has 0 aromatic carbocycles. The zero-order valence-electron chi connectivity index (χ0n) is 14.7. The Bertz CT molecular complexity index is 212. The summed E-state index contributed by atoms with van der Waals surface area (Å²) in [6.45, 7) is 11.9. The van der Waals surface area contributed by atoms with E-state index < -0.39 is 18.3 Å². The predicted molar refractivity (Wildman–Crippen MR) is 80.8 cm³/mol. The van der Waals surface area contributed by atoms with E-state index in [9.17, 15) is 15.3 Å². The van der Waals surface area contributed by atoms with Crippen molar-refractivity contribution in [1.82, 2.24) is 0 Å². The quantitative estimate of drug-likeness (QED) is 0.690. The fraction of sp³-hybridized carbons (Fsp3) is 0.765. The fourth-order valence-electron chi connectivity index (χ4n) is 0.891. The van der Waals surface area contributed by atoms with Gasteiger partial charge < -0.3 is 15.3 Å². The first-order valence-electron chi connectivity index (χ1n) is 7.37. The van der Waals surface area contributed by atoms with Gasteiger partial charge in [-0.15, -0.1) is 24.7 Å². The molecule has 0 radical (unpaired) electrons. The molecule has 0 N–H and O–H groups in total. The van der Waals surface area contributed by atoms with Gasteiger partial charge in [0.15, 0.2) is 0 Å². The Labute approximate surface area is 151 Å². The molecule has 0 unspecified atom stereocenters. The normalized spacial score (nSPS) is 11.6. The molecule has 1 aliphatic rings. The van der Waals surface area contributed by atoms with Crippen molar-refractivity contribution in [3.05, 3.63) is 23.8 Å². The van der Waals surface area contributed by atoms with Crippen LogP contribution in [0.1, 0.15) is 67.7 Å². The van der Waals surface area contributed by atoms with Crippen LogP contribution in [-0.2, 0) is 26.2 Å². The molecule has 3 nitrogen and oxygen atoms in total. The van der Waals surface area contributed by atoms with E-state index in [0.29, 0.717) is 0 Å². The molecule has 0 atom stereocenters. The maximum Gasteiger partial charge on any atom is 4.00 e. The minimum atomic E-state index is -0.417. The van der Waals surface area contributed by atoms with E-state index in [4.69, 9.17) is 0 Å². The van der Waals surface area contributed by atoms with Gasteiger partial charge in [0, 0.05) is 0 Å². The molecule has 0 spiro atoms. The molecule has 0 aliphatic heterocycles. The van der Waals surface area contributed by atoms with Crippen molar-refractivity contribution < 1.29 is 41.5 Å². The minimum absolute atomic E-state index is 0. The summed E-state index contributed by atoms with van der Waals surface area (Å²) in [4.78, 5) is 0. The third-order valence-electron chi connectivity index (χ3n) is 1.29. The van der Waals surface area contributed by atoms with Crippen LogP contribution in [0.15, 0.2) is 17.7 Å². The van der Waals surface area contributed by atoms with Gasteiger partial charge in [0.25, 0.3) is 0 Å². The smallest absolute Gasteiger partial charge is 0.852 e. The van der Waals surface area contributed by atoms with Gasteiger partial charge in [0.2, 0.25) is 0 Å². The second kappa shape index (κ2) is 22.5. The van der Waals surface area contributed by atoms with Gasteiger partial charge in [-0.1, -0.05) is 61.3 Å². The first-order valence-corrected chi connectivity index (χ1v) is 7.37. The molecule has 0 aromatic rings. The van der Waals surface area contributed by atoms with E-state index in [1.807, 2.05) is 0 Å². The Kier molecular flexibility index (Phi) is 31.4. The summed E-state index contributed by atoms with van der Waals surface area (Å²) in [5, 5.41) is 28.6. The van der Waals surface area contributed by atoms with Crippen LogP contribution in [0.3, 0.4) is 0 Å². The predicted octanol–water partition coefficient (Wildman–Crippen LogP) is 1.74. The monoisotopic (exact) mass is 374 g/mol. The van der Waals surface area contributed by atoms with Crippen LogP contribution in [0.2, 0.25) is 0 Å². The Morgan fingerprint density at radius 3 is 1.48 bits per heavy atom. The molecule has 122 valence electrons. The van der Waals surface area contributed by atoms with Crippen molar-refractivity contribution in [2.45, 2.75) is 86.0 Å². The summed E-state index contributed by atoms with van der Waals surface area (Å²) in [6.07, 6.45) is 9.83. The molecule has 21 heavy (non-hydrogen) atoms. The number of hydrogen-bond donors (Lipinski definition) is 0. The van der Waals surface area contributed by atoms with Gasteiger partial charge in [-0.25, -0.2) is 11.6 Å². The van der Waals surface area contributed by atoms with E-state index >= 15 is 0 Å². The minimum Gasteiger partial charge on any atom is -0.852 e.